The van der Waals surface area contributed by atoms with Crippen LogP contribution < -0.4 is 10.1 Å². The maximum absolute atomic E-state index is 11.7. The van der Waals surface area contributed by atoms with Crippen molar-refractivity contribution in [2.24, 2.45) is 0 Å². The highest BCUT2D eigenvalue weighted by atomic mass is 16.5. The van der Waals surface area contributed by atoms with Crippen molar-refractivity contribution >= 4 is 17.6 Å². The molecule has 0 saturated heterocycles. The molecule has 0 atom stereocenters. The highest BCUT2D eigenvalue weighted by Crippen LogP contribution is 2.08. The molecule has 2 N–H and O–H groups in total. The number of rotatable bonds is 7. The molecule has 1 amide bonds. The minimum atomic E-state index is -1.000. The number of carbonyl (C=O) groups is 2. The van der Waals surface area contributed by atoms with E-state index in [9.17, 15) is 9.59 Å². The Morgan fingerprint density at radius 3 is 2.95 bits per heavy atom. The second-order valence-corrected chi connectivity index (χ2v) is 4.58. The lowest BCUT2D eigenvalue weighted by molar-refractivity contribution is -0.137. The Bertz CT molecular complexity index is 668. The SMILES string of the molecule is Cc1cccc(OCCC(=O)Nc2cnn(CC(=O)O)c2)n1. The number of carboxylic acids is 1. The summed E-state index contributed by atoms with van der Waals surface area (Å²) < 4.78 is 6.61. The van der Waals surface area contributed by atoms with Gasteiger partial charge in [-0.3, -0.25) is 14.3 Å². The molecular weight excluding hydrogens is 288 g/mol. The van der Waals surface area contributed by atoms with Crippen LogP contribution >= 0.6 is 0 Å². The minimum Gasteiger partial charge on any atom is -0.480 e. The lowest BCUT2D eigenvalue weighted by atomic mass is 10.4. The molecular formula is C14H16N4O4. The minimum absolute atomic E-state index is 0.153. The van der Waals surface area contributed by atoms with Gasteiger partial charge in [0.15, 0.2) is 0 Å². The van der Waals surface area contributed by atoms with E-state index < -0.39 is 5.97 Å². The molecule has 0 unspecified atom stereocenters. The van der Waals surface area contributed by atoms with Crippen LogP contribution in [0.3, 0.4) is 0 Å². The van der Waals surface area contributed by atoms with Gasteiger partial charge < -0.3 is 15.2 Å². The number of carbonyl (C=O) groups excluding carboxylic acids is 1. The summed E-state index contributed by atoms with van der Waals surface area (Å²) in [6.07, 6.45) is 3.00. The molecule has 0 fully saturated rings. The van der Waals surface area contributed by atoms with E-state index in [2.05, 4.69) is 15.4 Å². The number of amides is 1. The summed E-state index contributed by atoms with van der Waals surface area (Å²) in [7, 11) is 0. The van der Waals surface area contributed by atoms with Gasteiger partial charge in [-0.15, -0.1) is 0 Å². The summed E-state index contributed by atoms with van der Waals surface area (Å²) in [4.78, 5) is 26.4. The summed E-state index contributed by atoms with van der Waals surface area (Å²) in [5, 5.41) is 15.1. The quantitative estimate of drug-likeness (QED) is 0.792. The first-order valence-corrected chi connectivity index (χ1v) is 6.63. The van der Waals surface area contributed by atoms with Crippen molar-refractivity contribution in [3.63, 3.8) is 0 Å². The van der Waals surface area contributed by atoms with E-state index in [-0.39, 0.29) is 25.5 Å². The van der Waals surface area contributed by atoms with Gasteiger partial charge in [0.05, 0.1) is 24.9 Å². The standard InChI is InChI=1S/C14H16N4O4/c1-10-3-2-4-13(16-10)22-6-5-12(19)17-11-7-15-18(8-11)9-14(20)21/h2-4,7-8H,5-6,9H2,1H3,(H,17,19)(H,20,21). The van der Waals surface area contributed by atoms with Crippen LogP contribution in [0, 0.1) is 6.92 Å². The van der Waals surface area contributed by atoms with Crippen LogP contribution in [0.25, 0.3) is 0 Å². The van der Waals surface area contributed by atoms with E-state index in [0.29, 0.717) is 11.6 Å². The monoisotopic (exact) mass is 304 g/mol. The van der Waals surface area contributed by atoms with Gasteiger partial charge in [-0.2, -0.15) is 5.10 Å². The van der Waals surface area contributed by atoms with Crippen molar-refractivity contribution in [2.75, 3.05) is 11.9 Å². The molecule has 2 rings (SSSR count). The molecule has 0 bridgehead atoms. The van der Waals surface area contributed by atoms with Crippen LogP contribution in [0.4, 0.5) is 5.69 Å². The van der Waals surface area contributed by atoms with Gasteiger partial charge in [-0.05, 0) is 13.0 Å². The van der Waals surface area contributed by atoms with Crippen LogP contribution in [-0.4, -0.2) is 38.4 Å². The zero-order valence-electron chi connectivity index (χ0n) is 12.0. The molecule has 116 valence electrons. The molecule has 8 heteroatoms. The van der Waals surface area contributed by atoms with Crippen LogP contribution in [0.2, 0.25) is 0 Å². The normalized spacial score (nSPS) is 10.2. The Balaban J connectivity index is 1.76. The second-order valence-electron chi connectivity index (χ2n) is 4.58. The predicted molar refractivity (Wildman–Crippen MR) is 77.6 cm³/mol. The van der Waals surface area contributed by atoms with Crippen LogP contribution in [0.1, 0.15) is 12.1 Å². The second kappa shape index (κ2) is 7.21. The van der Waals surface area contributed by atoms with Crippen LogP contribution in [-0.2, 0) is 16.1 Å². The third kappa shape index (κ3) is 4.89. The third-order valence-corrected chi connectivity index (χ3v) is 2.66. The third-order valence-electron chi connectivity index (χ3n) is 2.66. The summed E-state index contributed by atoms with van der Waals surface area (Å²) in [6, 6.07) is 5.41. The van der Waals surface area contributed by atoms with Crippen molar-refractivity contribution in [3.05, 3.63) is 36.3 Å². The van der Waals surface area contributed by atoms with E-state index in [4.69, 9.17) is 9.84 Å². The average Bonchev–Trinajstić information content (AvgIpc) is 2.85. The Kier molecular flexibility index (Phi) is 5.07. The fraction of sp³-hybridized carbons (Fsp3) is 0.286. The molecule has 2 heterocycles. The molecule has 2 aromatic rings. The first-order valence-electron chi connectivity index (χ1n) is 6.63. The maximum Gasteiger partial charge on any atom is 0.325 e. The highest BCUT2D eigenvalue weighted by molar-refractivity contribution is 5.90. The number of aromatic nitrogens is 3. The zero-order valence-corrected chi connectivity index (χ0v) is 12.0. The van der Waals surface area contributed by atoms with E-state index >= 15 is 0 Å². The van der Waals surface area contributed by atoms with Crippen molar-refractivity contribution in [3.8, 4) is 5.88 Å². The number of nitrogens with one attached hydrogen (secondary N) is 1. The molecule has 0 saturated carbocycles. The Hall–Kier alpha value is -2.90. The van der Waals surface area contributed by atoms with Crippen LogP contribution in [0.5, 0.6) is 5.88 Å². The number of nitrogens with zero attached hydrogens (tertiary/aromatic N) is 3. The van der Waals surface area contributed by atoms with E-state index in [1.807, 2.05) is 19.1 Å². The molecule has 0 aliphatic rings. The van der Waals surface area contributed by atoms with Crippen molar-refractivity contribution in [1.29, 1.82) is 0 Å². The lowest BCUT2D eigenvalue weighted by Crippen LogP contribution is -2.15. The Morgan fingerprint density at radius 1 is 1.41 bits per heavy atom. The fourth-order valence-corrected chi connectivity index (χ4v) is 1.72. The van der Waals surface area contributed by atoms with Gasteiger partial charge in [0, 0.05) is 18.0 Å². The van der Waals surface area contributed by atoms with Gasteiger partial charge in [0.1, 0.15) is 6.54 Å². The summed E-state index contributed by atoms with van der Waals surface area (Å²) in [6.45, 7) is 1.80. The summed E-state index contributed by atoms with van der Waals surface area (Å²) in [5.74, 6) is -0.773. The molecule has 0 aromatic carbocycles. The smallest absolute Gasteiger partial charge is 0.325 e. The molecule has 0 aliphatic heterocycles. The van der Waals surface area contributed by atoms with Gasteiger partial charge in [0.25, 0.3) is 0 Å². The fourth-order valence-electron chi connectivity index (χ4n) is 1.72. The molecule has 22 heavy (non-hydrogen) atoms. The molecule has 0 spiro atoms. The van der Waals surface area contributed by atoms with Gasteiger partial charge >= 0.3 is 5.97 Å². The van der Waals surface area contributed by atoms with Crippen molar-refractivity contribution in [1.82, 2.24) is 14.8 Å². The topological polar surface area (TPSA) is 106 Å². The first kappa shape index (κ1) is 15.5. The average molecular weight is 304 g/mol. The number of ether oxygens (including phenoxy) is 1. The molecule has 8 nitrogen and oxygen atoms in total. The van der Waals surface area contributed by atoms with Crippen molar-refractivity contribution in [2.45, 2.75) is 19.9 Å². The molecule has 0 aliphatic carbocycles. The number of aryl methyl sites for hydroxylation is 1. The number of hydrogen-bond acceptors (Lipinski definition) is 5. The van der Waals surface area contributed by atoms with Gasteiger partial charge in [0.2, 0.25) is 11.8 Å². The lowest BCUT2D eigenvalue weighted by Gasteiger charge is -2.05. The predicted octanol–water partition coefficient (Wildman–Crippen LogP) is 1.08. The van der Waals surface area contributed by atoms with Gasteiger partial charge in [-0.25, -0.2) is 4.98 Å². The Morgan fingerprint density at radius 2 is 2.23 bits per heavy atom. The van der Waals surface area contributed by atoms with Crippen molar-refractivity contribution < 1.29 is 19.4 Å². The summed E-state index contributed by atoms with van der Waals surface area (Å²) >= 11 is 0. The largest absolute Gasteiger partial charge is 0.480 e. The number of hydrogen-bond donors (Lipinski definition) is 2. The molecule has 2 aromatic heterocycles. The number of aliphatic carboxylic acids is 1. The maximum atomic E-state index is 11.7. The van der Waals surface area contributed by atoms with Crippen LogP contribution in [0.15, 0.2) is 30.6 Å². The zero-order chi connectivity index (χ0) is 15.9. The number of pyridine rings is 1. The number of anilines is 1. The van der Waals surface area contributed by atoms with Gasteiger partial charge in [-0.1, -0.05) is 6.07 Å². The molecule has 0 radical (unpaired) electrons. The Labute approximate surface area is 126 Å². The highest BCUT2D eigenvalue weighted by Gasteiger charge is 2.07. The van der Waals surface area contributed by atoms with E-state index in [1.165, 1.54) is 17.1 Å². The number of carboxylic acid groups (broad SMARTS) is 1. The van der Waals surface area contributed by atoms with E-state index in [0.717, 1.165) is 5.69 Å². The van der Waals surface area contributed by atoms with E-state index in [1.54, 1.807) is 6.07 Å². The summed E-state index contributed by atoms with van der Waals surface area (Å²) in [5.41, 5.74) is 1.28. The first-order chi connectivity index (χ1) is 10.5.